The topological polar surface area (TPSA) is 81.0 Å². The second-order valence-corrected chi connectivity index (χ2v) is 7.98. The molecule has 0 radical (unpaired) electrons. The number of aryl methyl sites for hydroxylation is 1. The summed E-state index contributed by atoms with van der Waals surface area (Å²) in [4.78, 5) is 8.97. The second kappa shape index (κ2) is 6.37. The predicted molar refractivity (Wildman–Crippen MR) is 87.1 cm³/mol. The maximum absolute atomic E-state index is 11.6. The van der Waals surface area contributed by atoms with Crippen molar-refractivity contribution in [2.75, 3.05) is 19.3 Å². The molecule has 0 unspecified atom stereocenters. The van der Waals surface area contributed by atoms with Crippen LogP contribution in [0.25, 0.3) is 11.4 Å². The van der Waals surface area contributed by atoms with Gasteiger partial charge in [0.2, 0.25) is 10.0 Å². The van der Waals surface area contributed by atoms with Crippen LogP contribution in [0.15, 0.2) is 24.7 Å². The van der Waals surface area contributed by atoms with Crippen LogP contribution in [0, 0.1) is 5.92 Å². The monoisotopic (exact) mass is 335 g/mol. The number of rotatable bonds is 4. The highest BCUT2D eigenvalue weighted by molar-refractivity contribution is 7.88. The molecule has 2 aromatic rings. The molecular formula is C15H21N5O2S. The Kier molecular flexibility index (Phi) is 4.45. The first-order valence-corrected chi connectivity index (χ1v) is 9.53. The maximum atomic E-state index is 11.6. The molecule has 0 N–H and O–H groups in total. The van der Waals surface area contributed by atoms with Crippen LogP contribution in [0.1, 0.15) is 18.5 Å². The first-order valence-electron chi connectivity index (χ1n) is 7.68. The third kappa shape index (κ3) is 3.59. The van der Waals surface area contributed by atoms with E-state index in [1.807, 2.05) is 13.1 Å². The molecule has 1 aliphatic heterocycles. The van der Waals surface area contributed by atoms with E-state index in [-0.39, 0.29) is 0 Å². The van der Waals surface area contributed by atoms with Crippen molar-refractivity contribution in [2.24, 2.45) is 13.0 Å². The lowest BCUT2D eigenvalue weighted by atomic mass is 9.92. The van der Waals surface area contributed by atoms with E-state index in [0.717, 1.165) is 36.3 Å². The predicted octanol–water partition coefficient (Wildman–Crippen LogP) is 1.09. The second-order valence-electron chi connectivity index (χ2n) is 6.00. The molecule has 1 aliphatic rings. The Bertz CT molecular complexity index is 779. The van der Waals surface area contributed by atoms with Gasteiger partial charge in [-0.15, -0.1) is 0 Å². The van der Waals surface area contributed by atoms with Gasteiger partial charge in [-0.3, -0.25) is 14.6 Å². The molecule has 0 aliphatic carbocycles. The van der Waals surface area contributed by atoms with Crippen molar-refractivity contribution in [2.45, 2.75) is 19.3 Å². The van der Waals surface area contributed by atoms with Gasteiger partial charge in [0.05, 0.1) is 17.6 Å². The molecule has 124 valence electrons. The highest BCUT2D eigenvalue weighted by atomic mass is 32.2. The Balaban J connectivity index is 1.74. The minimum Gasteiger partial charge on any atom is -0.266 e. The van der Waals surface area contributed by atoms with Gasteiger partial charge in [0.15, 0.2) is 0 Å². The largest absolute Gasteiger partial charge is 0.266 e. The van der Waals surface area contributed by atoms with E-state index in [2.05, 4.69) is 15.1 Å². The van der Waals surface area contributed by atoms with Gasteiger partial charge >= 0.3 is 0 Å². The Hall–Kier alpha value is -1.80. The van der Waals surface area contributed by atoms with Crippen LogP contribution in [-0.4, -0.2) is 51.8 Å². The van der Waals surface area contributed by atoms with Crippen molar-refractivity contribution in [3.05, 3.63) is 30.4 Å². The number of nitrogens with zero attached hydrogens (tertiary/aromatic N) is 5. The van der Waals surface area contributed by atoms with E-state index >= 15 is 0 Å². The molecule has 1 fully saturated rings. The highest BCUT2D eigenvalue weighted by Gasteiger charge is 2.26. The molecule has 2 aromatic heterocycles. The van der Waals surface area contributed by atoms with Gasteiger partial charge in [0, 0.05) is 38.7 Å². The highest BCUT2D eigenvalue weighted by Crippen LogP contribution is 2.26. The van der Waals surface area contributed by atoms with E-state index in [4.69, 9.17) is 0 Å². The van der Waals surface area contributed by atoms with Crippen LogP contribution in [0.2, 0.25) is 0 Å². The van der Waals surface area contributed by atoms with E-state index in [0.29, 0.717) is 19.0 Å². The summed E-state index contributed by atoms with van der Waals surface area (Å²) < 4.78 is 26.5. The Labute approximate surface area is 136 Å². The summed E-state index contributed by atoms with van der Waals surface area (Å²) in [5.41, 5.74) is 2.76. The minimum absolute atomic E-state index is 0.427. The summed E-state index contributed by atoms with van der Waals surface area (Å²) in [6, 6.07) is 1.93. The fourth-order valence-electron chi connectivity index (χ4n) is 3.05. The lowest BCUT2D eigenvalue weighted by molar-refractivity contribution is 0.273. The Morgan fingerprint density at radius 1 is 1.17 bits per heavy atom. The van der Waals surface area contributed by atoms with Crippen LogP contribution in [0.3, 0.4) is 0 Å². The molecule has 0 saturated carbocycles. The molecule has 0 spiro atoms. The zero-order valence-electron chi connectivity index (χ0n) is 13.4. The number of hydrogen-bond donors (Lipinski definition) is 0. The molecule has 7 nitrogen and oxygen atoms in total. The summed E-state index contributed by atoms with van der Waals surface area (Å²) in [6.07, 6.45) is 8.95. The number of hydrogen-bond acceptors (Lipinski definition) is 5. The van der Waals surface area contributed by atoms with E-state index in [9.17, 15) is 8.42 Å². The van der Waals surface area contributed by atoms with Crippen LogP contribution in [0.5, 0.6) is 0 Å². The van der Waals surface area contributed by atoms with Gasteiger partial charge in [-0.25, -0.2) is 12.7 Å². The van der Waals surface area contributed by atoms with Gasteiger partial charge < -0.3 is 0 Å². The van der Waals surface area contributed by atoms with Gasteiger partial charge in [0.25, 0.3) is 0 Å². The minimum atomic E-state index is -3.08. The summed E-state index contributed by atoms with van der Waals surface area (Å²) >= 11 is 0. The average Bonchev–Trinajstić information content (AvgIpc) is 2.93. The zero-order valence-corrected chi connectivity index (χ0v) is 14.2. The fourth-order valence-corrected chi connectivity index (χ4v) is 3.93. The van der Waals surface area contributed by atoms with Gasteiger partial charge in [-0.05, 0) is 31.2 Å². The first-order chi connectivity index (χ1) is 10.9. The zero-order chi connectivity index (χ0) is 16.4. The molecule has 0 atom stereocenters. The third-order valence-electron chi connectivity index (χ3n) is 4.36. The van der Waals surface area contributed by atoms with Crippen molar-refractivity contribution in [3.63, 3.8) is 0 Å². The lowest BCUT2D eigenvalue weighted by Crippen LogP contribution is -2.38. The van der Waals surface area contributed by atoms with Crippen LogP contribution < -0.4 is 0 Å². The third-order valence-corrected chi connectivity index (χ3v) is 5.67. The van der Waals surface area contributed by atoms with Gasteiger partial charge in [0.1, 0.15) is 5.69 Å². The molecule has 0 bridgehead atoms. The standard InChI is InChI=1S/C15H21N5O2S/c1-19-14(3-6-18-19)15-13(16-7-8-17-15)11-12-4-9-20(10-5-12)23(2,21)22/h3,6-8,12H,4-5,9-11H2,1-2H3. The summed E-state index contributed by atoms with van der Waals surface area (Å²) in [5, 5.41) is 4.19. The van der Waals surface area contributed by atoms with Crippen molar-refractivity contribution >= 4 is 10.0 Å². The average molecular weight is 335 g/mol. The van der Waals surface area contributed by atoms with E-state index in [1.54, 1.807) is 27.6 Å². The Morgan fingerprint density at radius 3 is 2.48 bits per heavy atom. The molecule has 3 rings (SSSR count). The molecule has 1 saturated heterocycles. The fraction of sp³-hybridized carbons (Fsp3) is 0.533. The van der Waals surface area contributed by atoms with Crippen molar-refractivity contribution < 1.29 is 8.42 Å². The summed E-state index contributed by atoms with van der Waals surface area (Å²) in [5.74, 6) is 0.427. The van der Waals surface area contributed by atoms with Crippen LogP contribution >= 0.6 is 0 Å². The Morgan fingerprint density at radius 2 is 1.87 bits per heavy atom. The number of piperidine rings is 1. The van der Waals surface area contributed by atoms with Crippen molar-refractivity contribution in [3.8, 4) is 11.4 Å². The van der Waals surface area contributed by atoms with Crippen molar-refractivity contribution in [1.29, 1.82) is 0 Å². The summed E-state index contributed by atoms with van der Waals surface area (Å²) in [7, 11) is -1.19. The molecule has 23 heavy (non-hydrogen) atoms. The normalized spacial score (nSPS) is 17.5. The molecule has 8 heteroatoms. The van der Waals surface area contributed by atoms with Crippen LogP contribution in [-0.2, 0) is 23.5 Å². The SMILES string of the molecule is Cn1nccc1-c1nccnc1CC1CCN(S(C)(=O)=O)CC1. The number of sulfonamides is 1. The molecule has 3 heterocycles. The maximum Gasteiger partial charge on any atom is 0.211 e. The number of aromatic nitrogens is 4. The first kappa shape index (κ1) is 16.1. The van der Waals surface area contributed by atoms with Crippen LogP contribution in [0.4, 0.5) is 0 Å². The molecular weight excluding hydrogens is 314 g/mol. The lowest BCUT2D eigenvalue weighted by Gasteiger charge is -2.30. The van der Waals surface area contributed by atoms with Gasteiger partial charge in [-0.1, -0.05) is 0 Å². The molecule has 0 amide bonds. The van der Waals surface area contributed by atoms with E-state index < -0.39 is 10.0 Å². The van der Waals surface area contributed by atoms with E-state index in [1.165, 1.54) is 6.26 Å². The quantitative estimate of drug-likeness (QED) is 0.835. The molecule has 0 aromatic carbocycles. The smallest absolute Gasteiger partial charge is 0.211 e. The van der Waals surface area contributed by atoms with Crippen molar-refractivity contribution in [1.82, 2.24) is 24.1 Å². The van der Waals surface area contributed by atoms with Gasteiger partial charge in [-0.2, -0.15) is 5.10 Å². The summed E-state index contributed by atoms with van der Waals surface area (Å²) in [6.45, 7) is 1.18.